The average Bonchev–Trinajstić information content (AvgIpc) is 3.53. The van der Waals surface area contributed by atoms with Crippen LogP contribution in [-0.2, 0) is 21.0 Å². The first kappa shape index (κ1) is 29.1. The third-order valence-electron chi connectivity index (χ3n) is 6.22. The van der Waals surface area contributed by atoms with Crippen LogP contribution in [0.3, 0.4) is 0 Å². The number of aromatic nitrogens is 1. The smallest absolute Gasteiger partial charge is 0.416 e. The number of nitrogens with one attached hydrogen (secondary N) is 1. The zero-order valence-corrected chi connectivity index (χ0v) is 23.3. The van der Waals surface area contributed by atoms with Gasteiger partial charge in [-0.3, -0.25) is 14.1 Å². The van der Waals surface area contributed by atoms with Gasteiger partial charge in [0.1, 0.15) is 10.3 Å². The van der Waals surface area contributed by atoms with E-state index in [9.17, 15) is 26.4 Å². The second kappa shape index (κ2) is 11.7. The second-order valence-corrected chi connectivity index (χ2v) is 13.3. The van der Waals surface area contributed by atoms with Gasteiger partial charge in [0.25, 0.3) is 0 Å². The van der Waals surface area contributed by atoms with Crippen LogP contribution in [0.25, 0.3) is 10.9 Å². The minimum atomic E-state index is -4.73. The van der Waals surface area contributed by atoms with Gasteiger partial charge in [0.15, 0.2) is 0 Å². The SMILES string of the molecule is C=CC(c1ccccc1C(F)(F)F)S(=O)(=O)N(C)c1cccc2cc(C3=NCC(CCSCC(=O)O)S3)[nH]c12. The molecule has 13 heteroatoms. The maximum Gasteiger partial charge on any atom is 0.416 e. The Morgan fingerprint density at radius 2 is 2.05 bits per heavy atom. The lowest BCUT2D eigenvalue weighted by atomic mass is 10.0. The summed E-state index contributed by atoms with van der Waals surface area (Å²) in [5.74, 6) is -0.0875. The maximum absolute atomic E-state index is 13.7. The Morgan fingerprint density at radius 1 is 1.31 bits per heavy atom. The summed E-state index contributed by atoms with van der Waals surface area (Å²) in [5, 5.41) is 8.84. The highest BCUT2D eigenvalue weighted by Gasteiger charge is 2.39. The van der Waals surface area contributed by atoms with E-state index < -0.39 is 38.5 Å². The van der Waals surface area contributed by atoms with Gasteiger partial charge in [-0.1, -0.05) is 48.2 Å². The third kappa shape index (κ3) is 6.30. The molecular weight excluding hydrogens is 571 g/mol. The summed E-state index contributed by atoms with van der Waals surface area (Å²) in [6.07, 6.45) is -2.92. The standard InChI is InChI=1S/C26H26F3N3O4S3/c1-3-22(18-8-4-5-9-19(18)26(27,28)29)39(35,36)32(2)21-10-6-7-16-13-20(31-24(16)21)25-30-14-17(38-25)11-12-37-15-23(33)34/h3-10,13,17,22,31H,1,11-12,14-15H2,2H3,(H,33,34). The number of halogens is 3. The molecule has 0 fully saturated rings. The molecule has 1 aliphatic heterocycles. The van der Waals surface area contributed by atoms with Gasteiger partial charge in [-0.2, -0.15) is 24.9 Å². The number of aromatic amines is 1. The number of carboxylic acid groups (broad SMARTS) is 1. The van der Waals surface area contributed by atoms with Crippen molar-refractivity contribution in [2.24, 2.45) is 4.99 Å². The van der Waals surface area contributed by atoms with E-state index in [1.165, 1.54) is 30.9 Å². The van der Waals surface area contributed by atoms with Gasteiger partial charge in [0.05, 0.1) is 34.8 Å². The monoisotopic (exact) mass is 597 g/mol. The molecule has 0 saturated heterocycles. The quantitative estimate of drug-likeness (QED) is 0.209. The fraction of sp³-hybridized carbons (Fsp3) is 0.308. The first-order valence-corrected chi connectivity index (χ1v) is 15.4. The van der Waals surface area contributed by atoms with Crippen molar-refractivity contribution in [1.29, 1.82) is 0 Å². The van der Waals surface area contributed by atoms with Crippen LogP contribution >= 0.6 is 23.5 Å². The van der Waals surface area contributed by atoms with Crippen LogP contribution in [0.15, 0.2) is 66.2 Å². The predicted octanol–water partition coefficient (Wildman–Crippen LogP) is 5.95. The van der Waals surface area contributed by atoms with E-state index in [-0.39, 0.29) is 16.7 Å². The van der Waals surface area contributed by atoms with E-state index in [1.807, 2.05) is 12.1 Å². The summed E-state index contributed by atoms with van der Waals surface area (Å²) in [4.78, 5) is 18.5. The molecule has 0 bridgehead atoms. The van der Waals surface area contributed by atoms with Gasteiger partial charge in [-0.25, -0.2) is 8.42 Å². The maximum atomic E-state index is 13.7. The fourth-order valence-electron chi connectivity index (χ4n) is 4.33. The van der Waals surface area contributed by atoms with E-state index in [1.54, 1.807) is 23.9 Å². The van der Waals surface area contributed by atoms with E-state index in [2.05, 4.69) is 16.6 Å². The number of hydrogen-bond donors (Lipinski definition) is 2. The molecule has 2 aromatic carbocycles. The Balaban J connectivity index is 1.60. The second-order valence-electron chi connectivity index (χ2n) is 8.80. The molecular formula is C26H26F3N3O4S3. The van der Waals surface area contributed by atoms with Crippen LogP contribution < -0.4 is 4.31 Å². The van der Waals surface area contributed by atoms with Crippen molar-refractivity contribution in [2.75, 3.05) is 29.4 Å². The first-order valence-electron chi connectivity index (χ1n) is 11.8. The van der Waals surface area contributed by atoms with Gasteiger partial charge in [0.2, 0.25) is 10.0 Å². The van der Waals surface area contributed by atoms with Crippen molar-refractivity contribution in [1.82, 2.24) is 4.98 Å². The number of aliphatic imine (C=N–C) groups is 1. The molecule has 1 aromatic heterocycles. The molecule has 0 saturated carbocycles. The van der Waals surface area contributed by atoms with Crippen molar-refractivity contribution in [3.05, 3.63) is 78.0 Å². The molecule has 0 amide bonds. The molecule has 2 heterocycles. The zero-order valence-electron chi connectivity index (χ0n) is 20.8. The van der Waals surface area contributed by atoms with Gasteiger partial charge in [0, 0.05) is 17.7 Å². The molecule has 3 aromatic rings. The number of benzene rings is 2. The van der Waals surface area contributed by atoms with Crippen LogP contribution in [0.5, 0.6) is 0 Å². The summed E-state index contributed by atoms with van der Waals surface area (Å²) >= 11 is 2.93. The van der Waals surface area contributed by atoms with Crippen LogP contribution in [0.4, 0.5) is 18.9 Å². The number of carboxylic acids is 1. The average molecular weight is 598 g/mol. The Bertz CT molecular complexity index is 1520. The summed E-state index contributed by atoms with van der Waals surface area (Å²) in [6, 6.07) is 11.5. The lowest BCUT2D eigenvalue weighted by Crippen LogP contribution is -2.32. The third-order valence-corrected chi connectivity index (χ3v) is 10.5. The number of anilines is 1. The Morgan fingerprint density at radius 3 is 2.74 bits per heavy atom. The van der Waals surface area contributed by atoms with Crippen LogP contribution in [0.2, 0.25) is 0 Å². The number of nitrogens with zero attached hydrogens (tertiary/aromatic N) is 2. The Kier molecular flexibility index (Phi) is 8.72. The molecule has 7 nitrogen and oxygen atoms in total. The highest BCUT2D eigenvalue weighted by molar-refractivity contribution is 8.15. The number of H-pyrrole nitrogens is 1. The minimum Gasteiger partial charge on any atom is -0.481 e. The van der Waals surface area contributed by atoms with E-state index in [4.69, 9.17) is 5.11 Å². The number of thioether (sulfide) groups is 2. The largest absolute Gasteiger partial charge is 0.481 e. The molecule has 0 radical (unpaired) electrons. The molecule has 2 N–H and O–H groups in total. The number of alkyl halides is 3. The Hall–Kier alpha value is -2.90. The molecule has 39 heavy (non-hydrogen) atoms. The van der Waals surface area contributed by atoms with Gasteiger partial charge in [-0.05, 0) is 35.9 Å². The van der Waals surface area contributed by atoms with Crippen molar-refractivity contribution >= 4 is 61.2 Å². The number of sulfonamides is 1. The zero-order chi connectivity index (χ0) is 28.4. The molecule has 0 spiro atoms. The van der Waals surface area contributed by atoms with Crippen molar-refractivity contribution in [2.45, 2.75) is 23.1 Å². The van der Waals surface area contributed by atoms with E-state index in [0.29, 0.717) is 23.5 Å². The summed E-state index contributed by atoms with van der Waals surface area (Å²) in [6.45, 7) is 4.12. The molecule has 0 aliphatic carbocycles. The lowest BCUT2D eigenvalue weighted by molar-refractivity contribution is -0.138. The lowest BCUT2D eigenvalue weighted by Gasteiger charge is -2.26. The topological polar surface area (TPSA) is 103 Å². The Labute approximate surface area is 232 Å². The predicted molar refractivity (Wildman–Crippen MR) is 152 cm³/mol. The van der Waals surface area contributed by atoms with Gasteiger partial charge >= 0.3 is 12.1 Å². The van der Waals surface area contributed by atoms with Crippen molar-refractivity contribution < 1.29 is 31.5 Å². The van der Waals surface area contributed by atoms with E-state index >= 15 is 0 Å². The van der Waals surface area contributed by atoms with Crippen LogP contribution in [0.1, 0.15) is 28.5 Å². The molecule has 2 unspecified atom stereocenters. The number of carbonyl (C=O) groups is 1. The first-order chi connectivity index (χ1) is 18.4. The number of fused-ring (bicyclic) bond motifs is 1. The molecule has 4 rings (SSSR count). The number of rotatable bonds is 11. The summed E-state index contributed by atoms with van der Waals surface area (Å²) in [7, 11) is -3.04. The highest BCUT2D eigenvalue weighted by Crippen LogP contribution is 2.40. The number of para-hydroxylation sites is 1. The van der Waals surface area contributed by atoms with Gasteiger partial charge < -0.3 is 10.1 Å². The van der Waals surface area contributed by atoms with Crippen molar-refractivity contribution in [3.8, 4) is 0 Å². The number of hydrogen-bond acceptors (Lipinski definition) is 6. The molecule has 2 atom stereocenters. The summed E-state index contributed by atoms with van der Waals surface area (Å²) < 4.78 is 69.3. The number of aliphatic carboxylic acids is 1. The fourth-order valence-corrected chi connectivity index (χ4v) is 7.87. The minimum absolute atomic E-state index is 0.0564. The molecule has 208 valence electrons. The van der Waals surface area contributed by atoms with Crippen molar-refractivity contribution in [3.63, 3.8) is 0 Å². The molecule has 1 aliphatic rings. The highest BCUT2D eigenvalue weighted by atomic mass is 32.2. The van der Waals surface area contributed by atoms with Crippen LogP contribution in [0, 0.1) is 0 Å². The summed E-state index contributed by atoms with van der Waals surface area (Å²) in [5.41, 5.74) is 0.0705. The van der Waals surface area contributed by atoms with Gasteiger partial charge in [-0.15, -0.1) is 6.58 Å². The van der Waals surface area contributed by atoms with E-state index in [0.717, 1.165) is 39.4 Å². The normalized spacial score (nSPS) is 16.7. The van der Waals surface area contributed by atoms with Crippen LogP contribution in [-0.4, -0.2) is 59.9 Å².